The van der Waals surface area contributed by atoms with Gasteiger partial charge in [-0.1, -0.05) is 121 Å². The minimum absolute atomic E-state index is 0.618. The number of rotatable bonds is 5. The molecule has 0 aliphatic carbocycles. The first kappa shape index (κ1) is 29.7. The molecule has 0 aliphatic heterocycles. The van der Waals surface area contributed by atoms with Crippen molar-refractivity contribution in [2.24, 2.45) is 0 Å². The summed E-state index contributed by atoms with van der Waals surface area (Å²) in [5, 5.41) is 4.83. The average molecular weight is 663 g/mol. The van der Waals surface area contributed by atoms with E-state index in [-0.39, 0.29) is 0 Å². The number of hydrogen-bond acceptors (Lipinski definition) is 1. The van der Waals surface area contributed by atoms with Crippen molar-refractivity contribution >= 4 is 49.3 Å². The van der Waals surface area contributed by atoms with Crippen molar-refractivity contribution in [3.05, 3.63) is 193 Å². The summed E-state index contributed by atoms with van der Waals surface area (Å²) in [4.78, 5) is 9.08. The molecule has 10 aromatic rings. The topological polar surface area (TPSA) is 27.1 Å². The number of aromatic nitrogens is 3. The van der Waals surface area contributed by atoms with Crippen LogP contribution in [0.1, 0.15) is 0 Å². The van der Waals surface area contributed by atoms with Crippen molar-refractivity contribution < 1.29 is 0 Å². The summed E-state index contributed by atoms with van der Waals surface area (Å²) in [5.41, 5.74) is 13.0. The van der Waals surface area contributed by atoms with Crippen LogP contribution in [0.2, 0.25) is 0 Å². The summed E-state index contributed by atoms with van der Waals surface area (Å²) in [6.45, 7) is 8.00. The summed E-state index contributed by atoms with van der Waals surface area (Å²) in [7, 11) is 0. The highest BCUT2D eigenvalue weighted by atomic mass is 15.0. The molecule has 0 saturated carbocycles. The number of nitrogens with zero attached hydrogens (tertiary/aromatic N) is 4. The van der Waals surface area contributed by atoms with Gasteiger partial charge in [0.25, 0.3) is 0 Å². The van der Waals surface area contributed by atoms with E-state index in [0.29, 0.717) is 5.69 Å². The van der Waals surface area contributed by atoms with Crippen LogP contribution in [-0.2, 0) is 0 Å². The van der Waals surface area contributed by atoms with Crippen LogP contribution >= 0.6 is 0 Å². The first-order valence-electron chi connectivity index (χ1n) is 17.4. The van der Waals surface area contributed by atoms with Gasteiger partial charge in [0, 0.05) is 44.0 Å². The minimum atomic E-state index is 0.618. The van der Waals surface area contributed by atoms with Gasteiger partial charge in [0.15, 0.2) is 5.69 Å². The van der Waals surface area contributed by atoms with Gasteiger partial charge in [0.2, 0.25) is 0 Å². The minimum Gasteiger partial charge on any atom is -0.309 e. The number of fused-ring (bicyclic) bond motifs is 6. The van der Waals surface area contributed by atoms with Crippen molar-refractivity contribution in [2.45, 2.75) is 0 Å². The SMILES string of the molecule is [C-]#[N+]c1ccccc1-c1cc(-c2cccc(-c3ccccc3)n2)cc(-n2c3ccccc3c3ccc(-n4c5ccccc5c5ccccc54)cc32)c1. The van der Waals surface area contributed by atoms with Crippen molar-refractivity contribution in [2.75, 3.05) is 0 Å². The zero-order valence-electron chi connectivity index (χ0n) is 28.1. The molecule has 3 aromatic heterocycles. The molecule has 0 bridgehead atoms. The van der Waals surface area contributed by atoms with Crippen molar-refractivity contribution in [3.8, 4) is 45.0 Å². The maximum absolute atomic E-state index is 8.00. The van der Waals surface area contributed by atoms with E-state index in [9.17, 15) is 0 Å². The quantitative estimate of drug-likeness (QED) is 0.169. The molecule has 10 rings (SSSR count). The predicted molar refractivity (Wildman–Crippen MR) is 215 cm³/mol. The molecule has 3 heterocycles. The molecule has 0 N–H and O–H groups in total. The molecule has 0 fully saturated rings. The lowest BCUT2D eigenvalue weighted by molar-refractivity contribution is 1.15. The Hall–Kier alpha value is -7.22. The van der Waals surface area contributed by atoms with E-state index >= 15 is 0 Å². The normalized spacial score (nSPS) is 11.4. The van der Waals surface area contributed by atoms with Crippen LogP contribution < -0.4 is 0 Å². The first-order chi connectivity index (χ1) is 25.7. The fourth-order valence-corrected chi connectivity index (χ4v) is 7.80. The summed E-state index contributed by atoms with van der Waals surface area (Å²) in [6.07, 6.45) is 0. The van der Waals surface area contributed by atoms with Gasteiger partial charge >= 0.3 is 0 Å². The lowest BCUT2D eigenvalue weighted by Crippen LogP contribution is -1.98. The van der Waals surface area contributed by atoms with Crippen LogP contribution in [0.4, 0.5) is 5.69 Å². The predicted octanol–water partition coefficient (Wildman–Crippen LogP) is 12.8. The van der Waals surface area contributed by atoms with Gasteiger partial charge in [0.05, 0.1) is 40.0 Å². The van der Waals surface area contributed by atoms with Crippen molar-refractivity contribution in [1.29, 1.82) is 0 Å². The van der Waals surface area contributed by atoms with E-state index < -0.39 is 0 Å². The largest absolute Gasteiger partial charge is 0.309 e. The average Bonchev–Trinajstić information content (AvgIpc) is 3.73. The summed E-state index contributed by atoms with van der Waals surface area (Å²) in [6, 6.07) is 63.7. The lowest BCUT2D eigenvalue weighted by Gasteiger charge is -2.15. The third-order valence-electron chi connectivity index (χ3n) is 10.1. The maximum Gasteiger partial charge on any atom is 0.194 e. The van der Waals surface area contributed by atoms with Gasteiger partial charge in [-0.05, 0) is 71.8 Å². The van der Waals surface area contributed by atoms with Gasteiger partial charge in [0.1, 0.15) is 0 Å². The fraction of sp³-hybridized carbons (Fsp3) is 0. The molecular weight excluding hydrogens is 633 g/mol. The molecule has 0 unspecified atom stereocenters. The maximum atomic E-state index is 8.00. The standard InChI is InChI=1S/C48H30N4/c1-49-44-20-9-5-16-37(44)33-28-34(43-22-13-21-42(50-43)32-14-3-2-4-15-32)30-36(29-33)52-47-25-12-8-19-40(47)41-27-26-35(31-48(41)52)51-45-23-10-6-17-38(45)39-18-7-11-24-46(39)51/h2-31H. The van der Waals surface area contributed by atoms with Crippen molar-refractivity contribution in [3.63, 3.8) is 0 Å². The molecule has 0 amide bonds. The Bertz CT molecular complexity index is 2980. The summed E-state index contributed by atoms with van der Waals surface area (Å²) in [5.74, 6) is 0. The first-order valence-corrected chi connectivity index (χ1v) is 17.4. The molecule has 242 valence electrons. The Morgan fingerprint density at radius 2 is 0.923 bits per heavy atom. The molecule has 52 heavy (non-hydrogen) atoms. The monoisotopic (exact) mass is 662 g/mol. The highest BCUT2D eigenvalue weighted by molar-refractivity contribution is 6.12. The number of benzene rings is 7. The number of hydrogen-bond donors (Lipinski definition) is 0. The zero-order valence-corrected chi connectivity index (χ0v) is 28.1. The molecule has 0 spiro atoms. The van der Waals surface area contributed by atoms with E-state index in [1.807, 2.05) is 42.5 Å². The molecule has 7 aromatic carbocycles. The Labute approximate surface area is 300 Å². The summed E-state index contributed by atoms with van der Waals surface area (Å²) >= 11 is 0. The summed E-state index contributed by atoms with van der Waals surface area (Å²) < 4.78 is 4.75. The van der Waals surface area contributed by atoms with Crippen LogP contribution in [0, 0.1) is 6.57 Å². The van der Waals surface area contributed by atoms with E-state index in [0.717, 1.165) is 56.0 Å². The van der Waals surface area contributed by atoms with Crippen LogP contribution in [0.15, 0.2) is 182 Å². The van der Waals surface area contributed by atoms with E-state index in [4.69, 9.17) is 11.6 Å². The number of pyridine rings is 1. The van der Waals surface area contributed by atoms with Gasteiger partial charge < -0.3 is 9.13 Å². The molecule has 0 atom stereocenters. The molecule has 0 radical (unpaired) electrons. The van der Waals surface area contributed by atoms with E-state index in [2.05, 4.69) is 154 Å². The third kappa shape index (κ3) is 4.72. The second kappa shape index (κ2) is 12.0. The van der Waals surface area contributed by atoms with Crippen LogP contribution in [0.3, 0.4) is 0 Å². The lowest BCUT2D eigenvalue weighted by atomic mass is 9.98. The van der Waals surface area contributed by atoms with Crippen LogP contribution in [0.25, 0.3) is 93.5 Å². The highest BCUT2D eigenvalue weighted by Crippen LogP contribution is 2.40. The molecule has 4 nitrogen and oxygen atoms in total. The Balaban J connectivity index is 1.26. The zero-order chi connectivity index (χ0) is 34.6. The van der Waals surface area contributed by atoms with Crippen LogP contribution in [-0.4, -0.2) is 14.1 Å². The highest BCUT2D eigenvalue weighted by Gasteiger charge is 2.18. The van der Waals surface area contributed by atoms with Crippen molar-refractivity contribution in [1.82, 2.24) is 14.1 Å². The molecular formula is C48H30N4. The Morgan fingerprint density at radius 1 is 0.385 bits per heavy atom. The number of para-hydroxylation sites is 4. The fourth-order valence-electron chi connectivity index (χ4n) is 7.80. The molecule has 0 saturated heterocycles. The van der Waals surface area contributed by atoms with Gasteiger partial charge in [-0.25, -0.2) is 9.83 Å². The van der Waals surface area contributed by atoms with Crippen LogP contribution in [0.5, 0.6) is 0 Å². The third-order valence-corrected chi connectivity index (χ3v) is 10.1. The van der Waals surface area contributed by atoms with E-state index in [1.54, 1.807) is 0 Å². The van der Waals surface area contributed by atoms with Gasteiger partial charge in [-0.2, -0.15) is 0 Å². The molecule has 4 heteroatoms. The second-order valence-electron chi connectivity index (χ2n) is 13.1. The molecule has 0 aliphatic rings. The smallest absolute Gasteiger partial charge is 0.194 e. The second-order valence-corrected chi connectivity index (χ2v) is 13.1. The Morgan fingerprint density at radius 3 is 1.60 bits per heavy atom. The van der Waals surface area contributed by atoms with E-state index in [1.165, 1.54) is 32.6 Å². The van der Waals surface area contributed by atoms with Gasteiger partial charge in [-0.15, -0.1) is 0 Å². The van der Waals surface area contributed by atoms with Gasteiger partial charge in [-0.3, -0.25) is 0 Å². The Kier molecular flexibility index (Phi) is 6.84.